The lowest BCUT2D eigenvalue weighted by Crippen LogP contribution is -2.34. The first-order chi connectivity index (χ1) is 12.7. The van der Waals surface area contributed by atoms with E-state index in [-0.39, 0.29) is 5.75 Å². The van der Waals surface area contributed by atoms with Crippen LogP contribution in [-0.4, -0.2) is 28.4 Å². The number of hydrogen-bond donors (Lipinski definition) is 2. The smallest absolute Gasteiger partial charge is 0.169 e. The molecule has 1 fully saturated rings. The predicted molar refractivity (Wildman–Crippen MR) is 104 cm³/mol. The summed E-state index contributed by atoms with van der Waals surface area (Å²) in [6.07, 6.45) is 2.00. The molecular weight excluding hydrogens is 324 g/mol. The minimum atomic E-state index is 0.191. The number of phenols is 1. The Morgan fingerprint density at radius 2 is 1.58 bits per heavy atom. The Kier molecular flexibility index (Phi) is 4.44. The van der Waals surface area contributed by atoms with Gasteiger partial charge >= 0.3 is 0 Å². The maximum Gasteiger partial charge on any atom is 0.169 e. The van der Waals surface area contributed by atoms with E-state index in [1.807, 2.05) is 24.3 Å². The second-order valence-corrected chi connectivity index (χ2v) is 6.47. The summed E-state index contributed by atoms with van der Waals surface area (Å²) < 4.78 is 0. The van der Waals surface area contributed by atoms with E-state index in [4.69, 9.17) is 5.73 Å². The van der Waals surface area contributed by atoms with Crippen LogP contribution >= 0.6 is 0 Å². The van der Waals surface area contributed by atoms with Crippen LogP contribution in [0.3, 0.4) is 0 Å². The topological polar surface area (TPSA) is 75.3 Å². The molecule has 2 heterocycles. The molecule has 0 aliphatic carbocycles. The summed E-state index contributed by atoms with van der Waals surface area (Å²) in [5.74, 6) is 2.09. The van der Waals surface area contributed by atoms with Gasteiger partial charge < -0.3 is 15.7 Å². The standard InChI is InChI=1S/C21H21N4O/c22-21-19(14-18(23-24-21)17-8-4-5-9-20(17)26)25-12-10-16(11-13-25)15-6-2-1-3-7-15/h1-9,14,26H,10-13H2,(H2,22,24). The molecule has 26 heavy (non-hydrogen) atoms. The number of benzene rings is 2. The molecular formula is C21H21N4O. The van der Waals surface area contributed by atoms with Gasteiger partial charge in [0.2, 0.25) is 0 Å². The van der Waals surface area contributed by atoms with Gasteiger partial charge in [0.25, 0.3) is 0 Å². The molecule has 0 unspecified atom stereocenters. The van der Waals surface area contributed by atoms with E-state index in [0.717, 1.165) is 31.6 Å². The van der Waals surface area contributed by atoms with Gasteiger partial charge in [-0.1, -0.05) is 42.5 Å². The molecule has 5 nitrogen and oxygen atoms in total. The van der Waals surface area contributed by atoms with Gasteiger partial charge in [-0.2, -0.15) is 0 Å². The van der Waals surface area contributed by atoms with Crippen LogP contribution in [0.4, 0.5) is 11.5 Å². The fraction of sp³-hybridized carbons (Fsp3) is 0.190. The van der Waals surface area contributed by atoms with Crippen LogP contribution in [0.1, 0.15) is 18.4 Å². The molecule has 3 aromatic rings. The average Bonchev–Trinajstić information content (AvgIpc) is 2.70. The summed E-state index contributed by atoms with van der Waals surface area (Å²) in [5.41, 5.74) is 9.59. The Morgan fingerprint density at radius 1 is 0.885 bits per heavy atom. The van der Waals surface area contributed by atoms with Gasteiger partial charge in [-0.15, -0.1) is 10.2 Å². The molecule has 0 amide bonds. The van der Waals surface area contributed by atoms with Crippen molar-refractivity contribution >= 4 is 11.5 Å². The zero-order chi connectivity index (χ0) is 17.9. The van der Waals surface area contributed by atoms with Crippen LogP contribution in [0.2, 0.25) is 0 Å². The summed E-state index contributed by atoms with van der Waals surface area (Å²) >= 11 is 0. The van der Waals surface area contributed by atoms with Crippen molar-refractivity contribution in [3.8, 4) is 17.0 Å². The Hall–Kier alpha value is -3.08. The number of rotatable bonds is 3. The van der Waals surface area contributed by atoms with Crippen molar-refractivity contribution in [2.75, 3.05) is 23.7 Å². The van der Waals surface area contributed by atoms with Crippen molar-refractivity contribution in [3.05, 3.63) is 72.1 Å². The van der Waals surface area contributed by atoms with Crippen molar-refractivity contribution in [1.29, 1.82) is 0 Å². The third-order valence-corrected chi connectivity index (χ3v) is 4.87. The third kappa shape index (κ3) is 3.20. The molecule has 0 saturated carbocycles. The number of nitrogens with two attached hydrogens (primary N) is 1. The molecule has 1 aliphatic rings. The quantitative estimate of drug-likeness (QED) is 0.758. The molecule has 1 saturated heterocycles. The molecule has 131 valence electrons. The molecule has 5 heteroatoms. The minimum Gasteiger partial charge on any atom is -0.507 e. The number of aromatic nitrogens is 2. The Labute approximate surface area is 153 Å². The van der Waals surface area contributed by atoms with E-state index in [2.05, 4.69) is 39.4 Å². The first-order valence-electron chi connectivity index (χ1n) is 8.79. The highest BCUT2D eigenvalue weighted by atomic mass is 16.3. The van der Waals surface area contributed by atoms with E-state index in [1.54, 1.807) is 12.1 Å². The number of phenolic OH excluding ortho intramolecular Hbond substituents is 1. The normalized spacial score (nSPS) is 15.2. The highest BCUT2D eigenvalue weighted by Crippen LogP contribution is 2.34. The number of nitrogen functional groups attached to an aromatic ring is 1. The van der Waals surface area contributed by atoms with Gasteiger partial charge in [0.1, 0.15) is 5.75 Å². The van der Waals surface area contributed by atoms with E-state index in [1.165, 1.54) is 11.5 Å². The molecule has 3 N–H and O–H groups in total. The van der Waals surface area contributed by atoms with Crippen LogP contribution in [0.25, 0.3) is 11.3 Å². The van der Waals surface area contributed by atoms with Crippen molar-refractivity contribution in [3.63, 3.8) is 0 Å². The number of hydrogen-bond acceptors (Lipinski definition) is 5. The second-order valence-electron chi connectivity index (χ2n) is 6.47. The van der Waals surface area contributed by atoms with Crippen LogP contribution in [-0.2, 0) is 0 Å². The van der Waals surface area contributed by atoms with Gasteiger partial charge in [0, 0.05) is 24.6 Å². The van der Waals surface area contributed by atoms with Crippen molar-refractivity contribution in [2.24, 2.45) is 0 Å². The van der Waals surface area contributed by atoms with Crippen molar-refractivity contribution in [1.82, 2.24) is 10.2 Å². The minimum absolute atomic E-state index is 0.191. The molecule has 4 rings (SSSR count). The number of piperidine rings is 1. The largest absolute Gasteiger partial charge is 0.507 e. The summed E-state index contributed by atoms with van der Waals surface area (Å²) in [5, 5.41) is 18.4. The summed E-state index contributed by atoms with van der Waals surface area (Å²) in [6, 6.07) is 19.6. The molecule has 0 spiro atoms. The highest BCUT2D eigenvalue weighted by Gasteiger charge is 2.23. The second kappa shape index (κ2) is 7.04. The van der Waals surface area contributed by atoms with Crippen LogP contribution in [0, 0.1) is 5.92 Å². The van der Waals surface area contributed by atoms with E-state index >= 15 is 0 Å². The SMILES string of the molecule is Nc1nnc(-c2ccccc2O)cc1N1CC[C](c2ccccc2)CC1. The first-order valence-corrected chi connectivity index (χ1v) is 8.79. The summed E-state index contributed by atoms with van der Waals surface area (Å²) in [7, 11) is 0. The lowest BCUT2D eigenvalue weighted by molar-refractivity contribution is 0.477. The first kappa shape index (κ1) is 16.4. The molecule has 0 bridgehead atoms. The maximum absolute atomic E-state index is 10.1. The fourth-order valence-electron chi connectivity index (χ4n) is 3.45. The average molecular weight is 345 g/mol. The maximum atomic E-state index is 10.1. The molecule has 1 aromatic heterocycles. The van der Waals surface area contributed by atoms with Gasteiger partial charge in [0.05, 0.1) is 11.4 Å². The molecule has 1 radical (unpaired) electrons. The lowest BCUT2D eigenvalue weighted by Gasteiger charge is -2.33. The lowest BCUT2D eigenvalue weighted by atomic mass is 9.89. The fourth-order valence-corrected chi connectivity index (χ4v) is 3.45. The van der Waals surface area contributed by atoms with Crippen LogP contribution < -0.4 is 10.6 Å². The molecule has 0 atom stereocenters. The summed E-state index contributed by atoms with van der Waals surface area (Å²) in [4.78, 5) is 2.25. The Morgan fingerprint density at radius 3 is 2.31 bits per heavy atom. The van der Waals surface area contributed by atoms with E-state index in [9.17, 15) is 5.11 Å². The van der Waals surface area contributed by atoms with Crippen LogP contribution in [0.15, 0.2) is 60.7 Å². The number of para-hydroxylation sites is 1. The van der Waals surface area contributed by atoms with E-state index in [0.29, 0.717) is 17.1 Å². The van der Waals surface area contributed by atoms with Gasteiger partial charge in [-0.05, 0) is 36.6 Å². The predicted octanol–water partition coefficient (Wildman–Crippen LogP) is 3.65. The Balaban J connectivity index is 1.55. The zero-order valence-corrected chi connectivity index (χ0v) is 14.5. The van der Waals surface area contributed by atoms with Gasteiger partial charge in [0.15, 0.2) is 5.82 Å². The summed E-state index contributed by atoms with van der Waals surface area (Å²) in [6.45, 7) is 1.78. The monoisotopic (exact) mass is 345 g/mol. The zero-order valence-electron chi connectivity index (χ0n) is 14.5. The molecule has 2 aromatic carbocycles. The van der Waals surface area contributed by atoms with Crippen LogP contribution in [0.5, 0.6) is 5.75 Å². The Bertz CT molecular complexity index is 890. The number of nitrogens with zero attached hydrogens (tertiary/aromatic N) is 3. The van der Waals surface area contributed by atoms with E-state index < -0.39 is 0 Å². The van der Waals surface area contributed by atoms with Crippen molar-refractivity contribution in [2.45, 2.75) is 12.8 Å². The molecule has 1 aliphatic heterocycles. The van der Waals surface area contributed by atoms with Gasteiger partial charge in [-0.3, -0.25) is 0 Å². The van der Waals surface area contributed by atoms with Gasteiger partial charge in [-0.25, -0.2) is 0 Å². The van der Waals surface area contributed by atoms with Crippen molar-refractivity contribution < 1.29 is 5.11 Å². The number of aromatic hydroxyl groups is 1. The third-order valence-electron chi connectivity index (χ3n) is 4.87. The highest BCUT2D eigenvalue weighted by molar-refractivity contribution is 5.74. The number of anilines is 2.